The van der Waals surface area contributed by atoms with E-state index < -0.39 is 6.10 Å². The van der Waals surface area contributed by atoms with Crippen LogP contribution in [-0.2, 0) is 6.54 Å². The van der Waals surface area contributed by atoms with Crippen LogP contribution in [0.1, 0.15) is 24.2 Å². The monoisotopic (exact) mass is 270 g/mol. The fraction of sp³-hybridized carbons (Fsp3) is 0.300. The number of aromatic nitrogens is 2. The normalized spacial score (nSPS) is 13.0. The Balaban J connectivity index is 2.28. The fourth-order valence-corrected chi connectivity index (χ4v) is 1.83. The van der Waals surface area contributed by atoms with Gasteiger partial charge in [-0.2, -0.15) is 5.10 Å². The zero-order valence-electron chi connectivity index (χ0n) is 8.22. The minimum atomic E-state index is -0.696. The molecule has 0 spiro atoms. The molecule has 15 heavy (non-hydrogen) atoms. The van der Waals surface area contributed by atoms with Crippen LogP contribution < -0.4 is 0 Å². The highest BCUT2D eigenvalue weighted by molar-refractivity contribution is 9.10. The van der Waals surface area contributed by atoms with Crippen LogP contribution in [0.2, 0.25) is 0 Å². The Morgan fingerprint density at radius 1 is 1.67 bits per heavy atom. The van der Waals surface area contributed by atoms with E-state index in [9.17, 15) is 5.11 Å². The molecule has 0 radical (unpaired) electrons. The van der Waals surface area contributed by atoms with Gasteiger partial charge in [0.2, 0.25) is 0 Å². The van der Waals surface area contributed by atoms with Crippen molar-refractivity contribution < 1.29 is 9.52 Å². The first-order chi connectivity index (χ1) is 7.22. The van der Waals surface area contributed by atoms with Gasteiger partial charge in [0.1, 0.15) is 6.10 Å². The van der Waals surface area contributed by atoms with Crippen LogP contribution in [0.5, 0.6) is 0 Å². The summed E-state index contributed by atoms with van der Waals surface area (Å²) >= 11 is 3.23. The smallest absolute Gasteiger partial charge is 0.175 e. The molecule has 4 nitrogen and oxygen atoms in total. The van der Waals surface area contributed by atoms with Gasteiger partial charge in [-0.25, -0.2) is 0 Å². The molecule has 2 aromatic rings. The van der Waals surface area contributed by atoms with Crippen molar-refractivity contribution in [1.82, 2.24) is 9.78 Å². The van der Waals surface area contributed by atoms with Crippen LogP contribution in [0.15, 0.2) is 33.8 Å². The Bertz CT molecular complexity index is 450. The summed E-state index contributed by atoms with van der Waals surface area (Å²) in [5.74, 6) is 0. The summed E-state index contributed by atoms with van der Waals surface area (Å²) in [6.07, 6.45) is 4.32. The zero-order chi connectivity index (χ0) is 10.8. The molecule has 0 saturated heterocycles. The van der Waals surface area contributed by atoms with Crippen LogP contribution >= 0.6 is 15.9 Å². The second kappa shape index (κ2) is 4.20. The molecule has 0 saturated carbocycles. The molecule has 0 aliphatic heterocycles. The molecule has 5 heteroatoms. The Kier molecular flexibility index (Phi) is 2.93. The minimum Gasteiger partial charge on any atom is -0.457 e. The van der Waals surface area contributed by atoms with Gasteiger partial charge < -0.3 is 9.52 Å². The quantitative estimate of drug-likeness (QED) is 0.932. The second-order valence-electron chi connectivity index (χ2n) is 3.18. The molecule has 0 aliphatic rings. The molecule has 0 fully saturated rings. The summed E-state index contributed by atoms with van der Waals surface area (Å²) in [6.45, 7) is 2.79. The maximum absolute atomic E-state index is 10.0. The molecule has 1 atom stereocenters. The molecule has 0 aliphatic carbocycles. The van der Waals surface area contributed by atoms with Gasteiger partial charge in [0.25, 0.3) is 0 Å². The average molecular weight is 271 g/mol. The minimum absolute atomic E-state index is 0.555. The predicted octanol–water partition coefficient (Wildman–Crippen LogP) is 2.34. The first-order valence-electron chi connectivity index (χ1n) is 4.65. The SMILES string of the molecule is CCn1cc(C(O)c2ccoc2Br)cn1. The van der Waals surface area contributed by atoms with Crippen molar-refractivity contribution in [1.29, 1.82) is 0 Å². The number of nitrogens with zero attached hydrogens (tertiary/aromatic N) is 2. The summed E-state index contributed by atoms with van der Waals surface area (Å²) in [6, 6.07) is 1.73. The lowest BCUT2D eigenvalue weighted by Crippen LogP contribution is -1.98. The van der Waals surface area contributed by atoms with Gasteiger partial charge in [-0.1, -0.05) is 0 Å². The average Bonchev–Trinajstić information content (AvgIpc) is 2.84. The lowest BCUT2D eigenvalue weighted by molar-refractivity contribution is 0.218. The van der Waals surface area contributed by atoms with E-state index >= 15 is 0 Å². The summed E-state index contributed by atoms with van der Waals surface area (Å²) < 4.78 is 7.39. The van der Waals surface area contributed by atoms with Crippen LogP contribution in [0.4, 0.5) is 0 Å². The molecule has 0 amide bonds. The van der Waals surface area contributed by atoms with E-state index in [1.807, 2.05) is 13.1 Å². The molecule has 0 bridgehead atoms. The second-order valence-corrected chi connectivity index (χ2v) is 3.90. The van der Waals surface area contributed by atoms with Gasteiger partial charge in [-0.05, 0) is 28.9 Å². The third kappa shape index (κ3) is 1.98. The summed E-state index contributed by atoms with van der Waals surface area (Å²) in [4.78, 5) is 0. The molecular formula is C10H11BrN2O2. The molecule has 2 rings (SSSR count). The fourth-order valence-electron chi connectivity index (χ4n) is 1.37. The van der Waals surface area contributed by atoms with Crippen LogP contribution in [0.25, 0.3) is 0 Å². The number of hydrogen-bond donors (Lipinski definition) is 1. The molecule has 1 unspecified atom stereocenters. The Labute approximate surface area is 95.6 Å². The highest BCUT2D eigenvalue weighted by Gasteiger charge is 2.17. The van der Waals surface area contributed by atoms with E-state index in [2.05, 4.69) is 21.0 Å². The number of halogens is 1. The topological polar surface area (TPSA) is 51.2 Å². The van der Waals surface area contributed by atoms with Crippen molar-refractivity contribution in [3.05, 3.63) is 40.5 Å². The van der Waals surface area contributed by atoms with Crippen molar-refractivity contribution in [2.24, 2.45) is 0 Å². The molecule has 80 valence electrons. The molecule has 0 aromatic carbocycles. The van der Waals surface area contributed by atoms with Crippen LogP contribution in [0.3, 0.4) is 0 Å². The number of aliphatic hydroxyl groups is 1. The molecular weight excluding hydrogens is 260 g/mol. The van der Waals surface area contributed by atoms with Gasteiger partial charge in [-0.3, -0.25) is 4.68 Å². The van der Waals surface area contributed by atoms with Crippen LogP contribution in [0, 0.1) is 0 Å². The third-order valence-corrected chi connectivity index (χ3v) is 2.88. The number of aryl methyl sites for hydroxylation is 1. The largest absolute Gasteiger partial charge is 0.457 e. The molecule has 2 aromatic heterocycles. The van der Waals surface area contributed by atoms with Gasteiger partial charge >= 0.3 is 0 Å². The number of furan rings is 1. The Morgan fingerprint density at radius 2 is 2.47 bits per heavy atom. The van der Waals surface area contributed by atoms with Gasteiger partial charge in [-0.15, -0.1) is 0 Å². The van der Waals surface area contributed by atoms with E-state index in [4.69, 9.17) is 4.42 Å². The van der Waals surface area contributed by atoms with Gasteiger partial charge in [0.05, 0.1) is 12.5 Å². The van der Waals surface area contributed by atoms with Crippen molar-refractivity contribution >= 4 is 15.9 Å². The van der Waals surface area contributed by atoms with Crippen molar-refractivity contribution in [3.8, 4) is 0 Å². The summed E-state index contributed by atoms with van der Waals surface area (Å²) in [7, 11) is 0. The maximum atomic E-state index is 10.0. The van der Waals surface area contributed by atoms with E-state index in [0.29, 0.717) is 10.2 Å². The van der Waals surface area contributed by atoms with Crippen LogP contribution in [-0.4, -0.2) is 14.9 Å². The van der Waals surface area contributed by atoms with Crippen molar-refractivity contribution in [2.45, 2.75) is 19.6 Å². The number of hydrogen-bond acceptors (Lipinski definition) is 3. The van der Waals surface area contributed by atoms with E-state index in [0.717, 1.165) is 12.1 Å². The molecule has 1 N–H and O–H groups in total. The van der Waals surface area contributed by atoms with Crippen molar-refractivity contribution in [3.63, 3.8) is 0 Å². The number of rotatable bonds is 3. The Morgan fingerprint density at radius 3 is 3.00 bits per heavy atom. The highest BCUT2D eigenvalue weighted by atomic mass is 79.9. The Hall–Kier alpha value is -1.07. The predicted molar refractivity (Wildman–Crippen MR) is 58.4 cm³/mol. The zero-order valence-corrected chi connectivity index (χ0v) is 9.81. The third-order valence-electron chi connectivity index (χ3n) is 2.23. The number of aliphatic hydroxyl groups excluding tert-OH is 1. The van der Waals surface area contributed by atoms with Gasteiger partial charge in [0, 0.05) is 23.9 Å². The first-order valence-corrected chi connectivity index (χ1v) is 5.45. The maximum Gasteiger partial charge on any atom is 0.175 e. The first kappa shape index (κ1) is 10.4. The van der Waals surface area contributed by atoms with Crippen molar-refractivity contribution in [2.75, 3.05) is 0 Å². The summed E-state index contributed by atoms with van der Waals surface area (Å²) in [5, 5.41) is 14.1. The van der Waals surface area contributed by atoms with E-state index in [1.165, 1.54) is 6.26 Å². The standard InChI is InChI=1S/C10H11BrN2O2/c1-2-13-6-7(5-12-13)9(14)8-3-4-15-10(8)11/h3-6,9,14H,2H2,1H3. The molecule has 2 heterocycles. The van der Waals surface area contributed by atoms with E-state index in [-0.39, 0.29) is 0 Å². The highest BCUT2D eigenvalue weighted by Crippen LogP contribution is 2.28. The lowest BCUT2D eigenvalue weighted by Gasteiger charge is -2.05. The van der Waals surface area contributed by atoms with E-state index in [1.54, 1.807) is 16.9 Å². The summed E-state index contributed by atoms with van der Waals surface area (Å²) in [5.41, 5.74) is 1.48. The lowest BCUT2D eigenvalue weighted by atomic mass is 10.1. The van der Waals surface area contributed by atoms with Gasteiger partial charge in [0.15, 0.2) is 4.67 Å².